The van der Waals surface area contributed by atoms with E-state index in [2.05, 4.69) is 10.1 Å². The Hall–Kier alpha value is -2.70. The van der Waals surface area contributed by atoms with Crippen molar-refractivity contribution in [1.82, 2.24) is 23.8 Å². The average molecular weight is 520 g/mol. The molecule has 5 rings (SSSR count). The minimum absolute atomic E-state index is 0.0353. The van der Waals surface area contributed by atoms with Crippen molar-refractivity contribution in [3.8, 4) is 10.6 Å². The van der Waals surface area contributed by atoms with Gasteiger partial charge in [-0.05, 0) is 18.2 Å². The fourth-order valence-electron chi connectivity index (χ4n) is 3.78. The van der Waals surface area contributed by atoms with Crippen LogP contribution in [-0.2, 0) is 16.6 Å². The van der Waals surface area contributed by atoms with Gasteiger partial charge in [0.05, 0.1) is 15.6 Å². The van der Waals surface area contributed by atoms with Gasteiger partial charge >= 0.3 is 0 Å². The number of piperazine rings is 1. The molecule has 1 saturated heterocycles. The van der Waals surface area contributed by atoms with Crippen molar-refractivity contribution in [3.63, 3.8) is 0 Å². The highest BCUT2D eigenvalue weighted by molar-refractivity contribution is 7.89. The van der Waals surface area contributed by atoms with Crippen LogP contribution in [0.1, 0.15) is 5.69 Å². The lowest BCUT2D eigenvalue weighted by atomic mass is 10.2. The fourth-order valence-corrected chi connectivity index (χ4v) is 6.40. The summed E-state index contributed by atoms with van der Waals surface area (Å²) < 4.78 is 41.9. The summed E-state index contributed by atoms with van der Waals surface area (Å²) in [4.78, 5) is 19.7. The van der Waals surface area contributed by atoms with E-state index >= 15 is 0 Å². The molecule has 0 bridgehead atoms. The van der Waals surface area contributed by atoms with Crippen LogP contribution in [0.25, 0.3) is 15.5 Å². The number of hydrogen-bond donors (Lipinski definition) is 0. The highest BCUT2D eigenvalue weighted by Crippen LogP contribution is 2.25. The van der Waals surface area contributed by atoms with Crippen LogP contribution in [0.4, 0.5) is 4.39 Å². The summed E-state index contributed by atoms with van der Waals surface area (Å²) in [7, 11) is -3.78. The maximum Gasteiger partial charge on any atom is 0.275 e. The summed E-state index contributed by atoms with van der Waals surface area (Å²) in [5.41, 5.74) is 1.27. The minimum atomic E-state index is -3.78. The minimum Gasteiger partial charge on any atom is -0.295 e. The summed E-state index contributed by atoms with van der Waals surface area (Å²) in [5, 5.41) is 4.87. The second-order valence-corrected chi connectivity index (χ2v) is 11.1. The summed E-state index contributed by atoms with van der Waals surface area (Å²) >= 11 is 7.10. The third kappa shape index (κ3) is 4.49. The quantitative estimate of drug-likeness (QED) is 0.402. The molecule has 0 spiro atoms. The van der Waals surface area contributed by atoms with E-state index in [9.17, 15) is 17.6 Å². The van der Waals surface area contributed by atoms with Gasteiger partial charge in [-0.3, -0.25) is 9.69 Å². The predicted molar refractivity (Wildman–Crippen MR) is 128 cm³/mol. The molecule has 0 amide bonds. The second kappa shape index (κ2) is 9.16. The van der Waals surface area contributed by atoms with Crippen LogP contribution in [0.2, 0.25) is 5.02 Å². The summed E-state index contributed by atoms with van der Waals surface area (Å²) in [5.74, 6) is -0.664. The van der Waals surface area contributed by atoms with E-state index in [0.29, 0.717) is 35.3 Å². The van der Waals surface area contributed by atoms with Crippen LogP contribution < -0.4 is 5.56 Å². The zero-order valence-electron chi connectivity index (χ0n) is 17.8. The smallest absolute Gasteiger partial charge is 0.275 e. The standard InChI is InChI=1S/C22H19ClFN5O3S2/c23-18-13-17(6-7-19(18)24)34(31,32)28-10-8-27(9-11-28)14-16-12-20(30)29-22(25-16)33-21(26-29)15-4-2-1-3-5-15/h1-7,12-13H,8-11,14H2. The third-order valence-electron chi connectivity index (χ3n) is 5.56. The molecule has 176 valence electrons. The fraction of sp³-hybridized carbons (Fsp3) is 0.227. The van der Waals surface area contributed by atoms with Gasteiger partial charge in [0.25, 0.3) is 5.56 Å². The van der Waals surface area contributed by atoms with Crippen molar-refractivity contribution in [2.75, 3.05) is 26.2 Å². The Bertz CT molecular complexity index is 1520. The summed E-state index contributed by atoms with van der Waals surface area (Å²) in [6, 6.07) is 14.5. The van der Waals surface area contributed by atoms with Gasteiger partial charge in [0.2, 0.25) is 15.0 Å². The van der Waals surface area contributed by atoms with Crippen LogP contribution in [0.3, 0.4) is 0 Å². The third-order valence-corrected chi connectivity index (χ3v) is 8.71. The topological polar surface area (TPSA) is 87.9 Å². The molecule has 0 aliphatic carbocycles. The van der Waals surface area contributed by atoms with Gasteiger partial charge in [0.1, 0.15) is 10.8 Å². The van der Waals surface area contributed by atoms with E-state index in [0.717, 1.165) is 17.7 Å². The highest BCUT2D eigenvalue weighted by Gasteiger charge is 2.29. The Kier molecular flexibility index (Phi) is 6.21. The van der Waals surface area contributed by atoms with Gasteiger partial charge in [-0.1, -0.05) is 53.3 Å². The Labute approximate surface area is 203 Å². The van der Waals surface area contributed by atoms with E-state index in [1.165, 1.54) is 32.3 Å². The Balaban J connectivity index is 1.29. The molecule has 4 aromatic rings. The number of hydrogen-bond acceptors (Lipinski definition) is 7. The lowest BCUT2D eigenvalue weighted by Crippen LogP contribution is -2.48. The number of benzene rings is 2. The first-order valence-corrected chi connectivity index (χ1v) is 13.1. The maximum atomic E-state index is 13.4. The molecule has 2 aromatic heterocycles. The van der Waals surface area contributed by atoms with Crippen molar-refractivity contribution in [3.05, 3.63) is 81.5 Å². The largest absolute Gasteiger partial charge is 0.295 e. The van der Waals surface area contributed by atoms with Crippen molar-refractivity contribution < 1.29 is 12.8 Å². The molecule has 0 radical (unpaired) electrons. The van der Waals surface area contributed by atoms with Gasteiger partial charge in [-0.15, -0.1) is 0 Å². The molecule has 0 N–H and O–H groups in total. The van der Waals surface area contributed by atoms with Gasteiger partial charge in [-0.2, -0.15) is 13.9 Å². The molecule has 0 saturated carbocycles. The average Bonchev–Trinajstić information content (AvgIpc) is 3.27. The molecular weight excluding hydrogens is 501 g/mol. The van der Waals surface area contributed by atoms with Crippen LogP contribution >= 0.6 is 22.9 Å². The van der Waals surface area contributed by atoms with Crippen molar-refractivity contribution >= 4 is 37.9 Å². The van der Waals surface area contributed by atoms with Gasteiger partial charge in [-0.25, -0.2) is 17.8 Å². The van der Waals surface area contributed by atoms with Crippen molar-refractivity contribution in [2.45, 2.75) is 11.4 Å². The molecule has 1 aliphatic rings. The second-order valence-electron chi connectivity index (χ2n) is 7.81. The molecular formula is C22H19ClFN5O3S2. The number of aromatic nitrogens is 3. The molecule has 2 aromatic carbocycles. The molecule has 34 heavy (non-hydrogen) atoms. The summed E-state index contributed by atoms with van der Waals surface area (Å²) in [6.07, 6.45) is 0. The van der Waals surface area contributed by atoms with Crippen LogP contribution in [0.15, 0.2) is 64.3 Å². The molecule has 0 unspecified atom stereocenters. The number of fused-ring (bicyclic) bond motifs is 1. The van der Waals surface area contributed by atoms with E-state index in [-0.39, 0.29) is 28.6 Å². The van der Waals surface area contributed by atoms with E-state index in [4.69, 9.17) is 11.6 Å². The van der Waals surface area contributed by atoms with Crippen molar-refractivity contribution in [2.24, 2.45) is 0 Å². The number of sulfonamides is 1. The SMILES string of the molecule is O=c1cc(CN2CCN(S(=O)(=O)c3ccc(F)c(Cl)c3)CC2)nc2sc(-c3ccccc3)nn12. The zero-order valence-corrected chi connectivity index (χ0v) is 20.2. The lowest BCUT2D eigenvalue weighted by molar-refractivity contribution is 0.180. The van der Waals surface area contributed by atoms with Crippen molar-refractivity contribution in [1.29, 1.82) is 0 Å². The first kappa shape index (κ1) is 23.1. The van der Waals surface area contributed by atoms with E-state index < -0.39 is 15.8 Å². The molecule has 8 nitrogen and oxygen atoms in total. The Morgan fingerprint density at radius 2 is 1.76 bits per heavy atom. The number of halogens is 2. The van der Waals surface area contributed by atoms with E-state index in [1.807, 2.05) is 35.2 Å². The monoisotopic (exact) mass is 519 g/mol. The Morgan fingerprint density at radius 1 is 1.03 bits per heavy atom. The normalized spacial score (nSPS) is 15.7. The first-order valence-electron chi connectivity index (χ1n) is 10.4. The molecule has 1 aliphatic heterocycles. The van der Waals surface area contributed by atoms with Gasteiger partial charge in [0.15, 0.2) is 0 Å². The van der Waals surface area contributed by atoms with E-state index in [1.54, 1.807) is 0 Å². The molecule has 12 heteroatoms. The lowest BCUT2D eigenvalue weighted by Gasteiger charge is -2.33. The van der Waals surface area contributed by atoms with Crippen LogP contribution in [0, 0.1) is 5.82 Å². The maximum absolute atomic E-state index is 13.4. The van der Waals surface area contributed by atoms with Crippen LogP contribution in [0.5, 0.6) is 0 Å². The number of rotatable bonds is 5. The number of nitrogens with zero attached hydrogens (tertiary/aromatic N) is 5. The zero-order chi connectivity index (χ0) is 23.9. The molecule has 1 fully saturated rings. The van der Waals surface area contributed by atoms with Gasteiger partial charge in [0, 0.05) is 44.4 Å². The summed E-state index contributed by atoms with van der Waals surface area (Å²) in [6.45, 7) is 1.87. The predicted octanol–water partition coefficient (Wildman–Crippen LogP) is 3.12. The Morgan fingerprint density at radius 3 is 2.47 bits per heavy atom. The molecule has 3 heterocycles. The first-order chi connectivity index (χ1) is 16.3. The van der Waals surface area contributed by atoms with Gasteiger partial charge < -0.3 is 0 Å². The van der Waals surface area contributed by atoms with Crippen LogP contribution in [-0.4, -0.2) is 58.4 Å². The highest BCUT2D eigenvalue weighted by atomic mass is 35.5. The molecule has 0 atom stereocenters.